The van der Waals surface area contributed by atoms with Crippen LogP contribution >= 0.6 is 11.3 Å². The third-order valence-electron chi connectivity index (χ3n) is 3.05. The molecule has 0 saturated carbocycles. The Bertz CT molecular complexity index is 890. The highest BCUT2D eigenvalue weighted by atomic mass is 32.1. The molecule has 0 amide bonds. The molecule has 5 nitrogen and oxygen atoms in total. The molecule has 0 radical (unpaired) electrons. The second-order valence-electron chi connectivity index (χ2n) is 4.44. The van der Waals surface area contributed by atoms with Gasteiger partial charge < -0.3 is 4.98 Å². The summed E-state index contributed by atoms with van der Waals surface area (Å²) in [5.74, 6) is 0. The zero-order valence-corrected chi connectivity index (χ0v) is 11.9. The van der Waals surface area contributed by atoms with Crippen molar-refractivity contribution in [2.24, 2.45) is 0 Å². The number of aromatic amines is 1. The number of thiazole rings is 1. The van der Waals surface area contributed by atoms with Crippen molar-refractivity contribution in [3.63, 3.8) is 0 Å². The second-order valence-corrected chi connectivity index (χ2v) is 5.30. The van der Waals surface area contributed by atoms with E-state index in [0.717, 1.165) is 21.8 Å². The Morgan fingerprint density at radius 1 is 1.43 bits per heavy atom. The lowest BCUT2D eigenvalue weighted by Gasteiger charge is -2.02. The summed E-state index contributed by atoms with van der Waals surface area (Å²) in [7, 11) is 0. The number of aryl methyl sites for hydroxylation is 1. The molecule has 0 atom stereocenters. The van der Waals surface area contributed by atoms with E-state index >= 15 is 0 Å². The quantitative estimate of drug-likeness (QED) is 0.787. The fourth-order valence-electron chi connectivity index (χ4n) is 1.99. The standard InChI is InChI=1S/C15H10N4OS/c1-9-12(5-11(6-16)14(20)18-9)13-8-21-15(19-13)10-3-2-4-17-7-10/h2-5,7-8H,1H3,(H,18,20). The van der Waals surface area contributed by atoms with Gasteiger partial charge in [0.1, 0.15) is 16.6 Å². The molecule has 6 heteroatoms. The number of rotatable bonds is 2. The van der Waals surface area contributed by atoms with Crippen LogP contribution in [0.4, 0.5) is 0 Å². The van der Waals surface area contributed by atoms with Crippen molar-refractivity contribution in [1.82, 2.24) is 15.0 Å². The van der Waals surface area contributed by atoms with E-state index in [9.17, 15) is 4.79 Å². The van der Waals surface area contributed by atoms with Crippen LogP contribution in [-0.2, 0) is 0 Å². The van der Waals surface area contributed by atoms with Crippen LogP contribution in [0.5, 0.6) is 0 Å². The minimum Gasteiger partial charge on any atom is -0.325 e. The Morgan fingerprint density at radius 2 is 2.29 bits per heavy atom. The molecule has 0 saturated heterocycles. The largest absolute Gasteiger partial charge is 0.325 e. The highest BCUT2D eigenvalue weighted by Crippen LogP contribution is 2.29. The van der Waals surface area contributed by atoms with Gasteiger partial charge in [-0.25, -0.2) is 4.98 Å². The maximum atomic E-state index is 11.6. The lowest BCUT2D eigenvalue weighted by atomic mass is 10.1. The predicted molar refractivity (Wildman–Crippen MR) is 80.9 cm³/mol. The molecule has 0 fully saturated rings. The average molecular weight is 294 g/mol. The van der Waals surface area contributed by atoms with Crippen LogP contribution < -0.4 is 5.56 Å². The maximum Gasteiger partial charge on any atom is 0.266 e. The molecule has 3 heterocycles. The van der Waals surface area contributed by atoms with Gasteiger partial charge in [0, 0.05) is 34.6 Å². The average Bonchev–Trinajstić information content (AvgIpc) is 2.98. The molecule has 0 spiro atoms. The fraction of sp³-hybridized carbons (Fsp3) is 0.0667. The smallest absolute Gasteiger partial charge is 0.266 e. The summed E-state index contributed by atoms with van der Waals surface area (Å²) in [6.07, 6.45) is 3.46. The van der Waals surface area contributed by atoms with Crippen molar-refractivity contribution in [1.29, 1.82) is 5.26 Å². The van der Waals surface area contributed by atoms with E-state index in [1.54, 1.807) is 25.4 Å². The summed E-state index contributed by atoms with van der Waals surface area (Å²) < 4.78 is 0. The van der Waals surface area contributed by atoms with Gasteiger partial charge in [-0.05, 0) is 25.1 Å². The van der Waals surface area contributed by atoms with Crippen molar-refractivity contribution >= 4 is 11.3 Å². The second kappa shape index (κ2) is 5.31. The van der Waals surface area contributed by atoms with Gasteiger partial charge in [-0.15, -0.1) is 11.3 Å². The monoisotopic (exact) mass is 294 g/mol. The van der Waals surface area contributed by atoms with Crippen LogP contribution in [0.15, 0.2) is 40.8 Å². The van der Waals surface area contributed by atoms with Gasteiger partial charge in [0.2, 0.25) is 0 Å². The van der Waals surface area contributed by atoms with Crippen LogP contribution in [0.3, 0.4) is 0 Å². The van der Waals surface area contributed by atoms with Crippen molar-refractivity contribution in [3.05, 3.63) is 57.6 Å². The number of nitriles is 1. The lowest BCUT2D eigenvalue weighted by molar-refractivity contribution is 1.13. The highest BCUT2D eigenvalue weighted by Gasteiger charge is 2.11. The Hall–Kier alpha value is -2.78. The number of pyridine rings is 2. The van der Waals surface area contributed by atoms with Gasteiger partial charge in [-0.1, -0.05) is 0 Å². The van der Waals surface area contributed by atoms with Crippen LogP contribution in [0.1, 0.15) is 11.3 Å². The minimum absolute atomic E-state index is 0.0894. The van der Waals surface area contributed by atoms with E-state index in [-0.39, 0.29) is 11.1 Å². The molecule has 21 heavy (non-hydrogen) atoms. The highest BCUT2D eigenvalue weighted by molar-refractivity contribution is 7.13. The molecule has 0 bridgehead atoms. The van der Waals surface area contributed by atoms with E-state index in [0.29, 0.717) is 5.69 Å². The molecule has 0 aliphatic rings. The van der Waals surface area contributed by atoms with E-state index in [1.807, 2.05) is 23.6 Å². The van der Waals surface area contributed by atoms with Gasteiger partial charge in [0.25, 0.3) is 5.56 Å². The Labute approximate surface area is 124 Å². The molecule has 102 valence electrons. The SMILES string of the molecule is Cc1[nH]c(=O)c(C#N)cc1-c1csc(-c2cccnc2)n1. The zero-order chi connectivity index (χ0) is 14.8. The van der Waals surface area contributed by atoms with Gasteiger partial charge in [-0.2, -0.15) is 5.26 Å². The number of hydrogen-bond acceptors (Lipinski definition) is 5. The van der Waals surface area contributed by atoms with Gasteiger partial charge in [0.05, 0.1) is 5.69 Å². The van der Waals surface area contributed by atoms with Crippen molar-refractivity contribution in [2.45, 2.75) is 6.92 Å². The molecule has 0 aliphatic carbocycles. The van der Waals surface area contributed by atoms with Crippen molar-refractivity contribution < 1.29 is 0 Å². The normalized spacial score (nSPS) is 10.3. The zero-order valence-electron chi connectivity index (χ0n) is 11.1. The number of hydrogen-bond donors (Lipinski definition) is 1. The first-order chi connectivity index (χ1) is 10.2. The molecule has 0 aliphatic heterocycles. The molecular weight excluding hydrogens is 284 g/mol. The first-order valence-corrected chi connectivity index (χ1v) is 7.07. The van der Waals surface area contributed by atoms with E-state index < -0.39 is 0 Å². The van der Waals surface area contributed by atoms with E-state index in [1.165, 1.54) is 11.3 Å². The molecule has 0 unspecified atom stereocenters. The Balaban J connectivity index is 2.09. The number of H-pyrrole nitrogens is 1. The van der Waals surface area contributed by atoms with Crippen LogP contribution in [-0.4, -0.2) is 15.0 Å². The predicted octanol–water partition coefficient (Wildman–Crippen LogP) is 2.74. The Morgan fingerprint density at radius 3 is 3.00 bits per heavy atom. The molecular formula is C15H10N4OS. The summed E-state index contributed by atoms with van der Waals surface area (Å²) in [5.41, 5.74) is 2.85. The van der Waals surface area contributed by atoms with Crippen LogP contribution in [0.25, 0.3) is 21.8 Å². The van der Waals surface area contributed by atoms with Crippen molar-refractivity contribution in [3.8, 4) is 27.9 Å². The van der Waals surface area contributed by atoms with Crippen LogP contribution in [0, 0.1) is 18.3 Å². The fourth-order valence-corrected chi connectivity index (χ4v) is 2.80. The third-order valence-corrected chi connectivity index (χ3v) is 3.94. The van der Waals surface area contributed by atoms with E-state index in [2.05, 4.69) is 15.0 Å². The number of aromatic nitrogens is 3. The summed E-state index contributed by atoms with van der Waals surface area (Å²) in [4.78, 5) is 22.9. The number of nitrogens with zero attached hydrogens (tertiary/aromatic N) is 3. The summed E-state index contributed by atoms with van der Waals surface area (Å²) in [6.45, 7) is 1.79. The molecule has 3 aromatic rings. The van der Waals surface area contributed by atoms with E-state index in [4.69, 9.17) is 5.26 Å². The van der Waals surface area contributed by atoms with Gasteiger partial charge >= 0.3 is 0 Å². The first kappa shape index (κ1) is 13.2. The minimum atomic E-state index is -0.374. The summed E-state index contributed by atoms with van der Waals surface area (Å²) in [6, 6.07) is 7.27. The Kier molecular flexibility index (Phi) is 3.34. The van der Waals surface area contributed by atoms with Crippen LogP contribution in [0.2, 0.25) is 0 Å². The molecule has 1 N–H and O–H groups in total. The van der Waals surface area contributed by atoms with Crippen molar-refractivity contribution in [2.75, 3.05) is 0 Å². The maximum absolute atomic E-state index is 11.6. The first-order valence-electron chi connectivity index (χ1n) is 6.19. The third kappa shape index (κ3) is 2.47. The topological polar surface area (TPSA) is 82.4 Å². The van der Waals surface area contributed by atoms with Gasteiger partial charge in [-0.3, -0.25) is 9.78 Å². The summed E-state index contributed by atoms with van der Waals surface area (Å²) >= 11 is 1.50. The molecule has 0 aromatic carbocycles. The van der Waals surface area contributed by atoms with Gasteiger partial charge in [0.15, 0.2) is 0 Å². The summed E-state index contributed by atoms with van der Waals surface area (Å²) in [5, 5.41) is 11.7. The molecule has 3 rings (SSSR count). The number of nitrogens with one attached hydrogen (secondary N) is 1. The lowest BCUT2D eigenvalue weighted by Crippen LogP contribution is -2.11. The molecule has 3 aromatic heterocycles.